The third kappa shape index (κ3) is 4.03. The summed E-state index contributed by atoms with van der Waals surface area (Å²) in [4.78, 5) is 2.64. The lowest BCUT2D eigenvalue weighted by Crippen LogP contribution is -2.49. The van der Waals surface area contributed by atoms with Gasteiger partial charge in [-0.25, -0.2) is 8.42 Å². The normalized spacial score (nSPS) is 25.1. The predicted octanol–water partition coefficient (Wildman–Crippen LogP) is 2.73. The Morgan fingerprint density at radius 3 is 2.54 bits per heavy atom. The Bertz CT molecular complexity index is 643. The van der Waals surface area contributed by atoms with Crippen LogP contribution >= 0.6 is 0 Å². The van der Waals surface area contributed by atoms with Gasteiger partial charge in [0.1, 0.15) is 5.75 Å². The van der Waals surface area contributed by atoms with E-state index in [1.165, 1.54) is 55.8 Å². The molecule has 24 heavy (non-hydrogen) atoms. The SMILES string of the molecule is CN(c1ccc(OC[C@@H]2CCCN3CCCC[C@H]23)cc1)S(C)(=O)=O. The first-order valence-corrected chi connectivity index (χ1v) is 10.7. The van der Waals surface area contributed by atoms with E-state index in [1.54, 1.807) is 19.2 Å². The van der Waals surface area contributed by atoms with Gasteiger partial charge in [0.25, 0.3) is 0 Å². The number of anilines is 1. The van der Waals surface area contributed by atoms with Crippen molar-refractivity contribution in [2.75, 3.05) is 37.3 Å². The zero-order valence-corrected chi connectivity index (χ0v) is 15.5. The van der Waals surface area contributed by atoms with Crippen molar-refractivity contribution in [1.29, 1.82) is 0 Å². The second-order valence-corrected chi connectivity index (χ2v) is 9.05. The molecule has 0 aliphatic carbocycles. The largest absolute Gasteiger partial charge is 0.493 e. The highest BCUT2D eigenvalue weighted by atomic mass is 32.2. The Morgan fingerprint density at radius 2 is 1.83 bits per heavy atom. The average molecular weight is 352 g/mol. The maximum atomic E-state index is 11.6. The van der Waals surface area contributed by atoms with Crippen molar-refractivity contribution in [2.24, 2.45) is 5.92 Å². The first kappa shape index (κ1) is 17.5. The van der Waals surface area contributed by atoms with Gasteiger partial charge in [0, 0.05) is 19.0 Å². The van der Waals surface area contributed by atoms with Crippen LogP contribution in [0.5, 0.6) is 5.75 Å². The molecule has 134 valence electrons. The first-order valence-electron chi connectivity index (χ1n) is 8.86. The summed E-state index contributed by atoms with van der Waals surface area (Å²) in [6, 6.07) is 7.99. The van der Waals surface area contributed by atoms with Crippen LogP contribution in [0.25, 0.3) is 0 Å². The maximum absolute atomic E-state index is 11.6. The topological polar surface area (TPSA) is 49.9 Å². The Balaban J connectivity index is 1.58. The Morgan fingerprint density at radius 1 is 1.12 bits per heavy atom. The second kappa shape index (κ2) is 7.31. The van der Waals surface area contributed by atoms with Gasteiger partial charge < -0.3 is 4.74 Å². The van der Waals surface area contributed by atoms with Crippen LogP contribution in [0.3, 0.4) is 0 Å². The van der Waals surface area contributed by atoms with Crippen molar-refractivity contribution in [1.82, 2.24) is 4.90 Å². The van der Waals surface area contributed by atoms with Crippen LogP contribution in [0.1, 0.15) is 32.1 Å². The van der Waals surface area contributed by atoms with Gasteiger partial charge in [-0.1, -0.05) is 6.42 Å². The van der Waals surface area contributed by atoms with Crippen molar-refractivity contribution in [3.05, 3.63) is 24.3 Å². The third-order valence-corrected chi connectivity index (χ3v) is 6.60. The molecule has 2 aliphatic rings. The van der Waals surface area contributed by atoms with Gasteiger partial charge in [-0.15, -0.1) is 0 Å². The van der Waals surface area contributed by atoms with Gasteiger partial charge in [-0.05, 0) is 63.0 Å². The number of benzene rings is 1. The molecule has 1 aromatic carbocycles. The van der Waals surface area contributed by atoms with Crippen molar-refractivity contribution in [3.8, 4) is 5.75 Å². The third-order valence-electron chi connectivity index (χ3n) is 5.39. The minimum Gasteiger partial charge on any atom is -0.493 e. The minimum absolute atomic E-state index is 0.609. The van der Waals surface area contributed by atoms with Crippen LogP contribution < -0.4 is 9.04 Å². The fourth-order valence-corrected chi connectivity index (χ4v) is 4.42. The van der Waals surface area contributed by atoms with Gasteiger partial charge in [0.05, 0.1) is 18.6 Å². The van der Waals surface area contributed by atoms with E-state index in [4.69, 9.17) is 4.74 Å². The van der Waals surface area contributed by atoms with E-state index in [2.05, 4.69) is 4.90 Å². The van der Waals surface area contributed by atoms with E-state index in [0.717, 1.165) is 12.4 Å². The first-order chi connectivity index (χ1) is 11.4. The molecule has 0 amide bonds. The summed E-state index contributed by atoms with van der Waals surface area (Å²) in [5.74, 6) is 1.42. The van der Waals surface area contributed by atoms with Gasteiger partial charge >= 0.3 is 0 Å². The molecule has 2 heterocycles. The quantitative estimate of drug-likeness (QED) is 0.818. The van der Waals surface area contributed by atoms with Gasteiger partial charge in [0.15, 0.2) is 0 Å². The molecule has 0 bridgehead atoms. The summed E-state index contributed by atoms with van der Waals surface area (Å²) >= 11 is 0. The van der Waals surface area contributed by atoms with E-state index >= 15 is 0 Å². The number of rotatable bonds is 5. The molecular weight excluding hydrogens is 324 g/mol. The molecule has 0 radical (unpaired) electrons. The molecule has 6 heteroatoms. The van der Waals surface area contributed by atoms with Crippen LogP contribution in [0, 0.1) is 5.92 Å². The summed E-state index contributed by atoms with van der Waals surface area (Å²) < 4.78 is 30.4. The van der Waals surface area contributed by atoms with Crippen molar-refractivity contribution in [3.63, 3.8) is 0 Å². The summed E-state index contributed by atoms with van der Waals surface area (Å²) in [7, 11) is -1.66. The van der Waals surface area contributed by atoms with Crippen molar-refractivity contribution < 1.29 is 13.2 Å². The molecule has 0 unspecified atom stereocenters. The number of fused-ring (bicyclic) bond motifs is 1. The van der Waals surface area contributed by atoms with Crippen LogP contribution in [0.4, 0.5) is 5.69 Å². The van der Waals surface area contributed by atoms with Crippen LogP contribution in [-0.2, 0) is 10.0 Å². The highest BCUT2D eigenvalue weighted by Crippen LogP contribution is 2.31. The molecule has 0 N–H and O–H groups in total. The zero-order valence-electron chi connectivity index (χ0n) is 14.6. The minimum atomic E-state index is -3.22. The highest BCUT2D eigenvalue weighted by Gasteiger charge is 2.33. The van der Waals surface area contributed by atoms with E-state index in [-0.39, 0.29) is 0 Å². The molecule has 3 rings (SSSR count). The number of sulfonamides is 1. The Hall–Kier alpha value is -1.27. The lowest BCUT2D eigenvalue weighted by Gasteiger charge is -2.44. The predicted molar refractivity (Wildman–Crippen MR) is 97.1 cm³/mol. The molecule has 0 spiro atoms. The van der Waals surface area contributed by atoms with Crippen LogP contribution in [-0.4, -0.2) is 52.4 Å². The zero-order chi connectivity index (χ0) is 17.2. The van der Waals surface area contributed by atoms with Gasteiger partial charge in [-0.2, -0.15) is 0 Å². The standard InChI is InChI=1S/C18H28N2O3S/c1-19(24(2,21)22)16-8-10-17(11-9-16)23-14-15-6-5-13-20-12-4-3-7-18(15)20/h8-11,15,18H,3-7,12-14H2,1-2H3/t15-,18+/m0/s1. The maximum Gasteiger partial charge on any atom is 0.231 e. The van der Waals surface area contributed by atoms with E-state index in [9.17, 15) is 8.42 Å². The van der Waals surface area contributed by atoms with Crippen molar-refractivity contribution in [2.45, 2.75) is 38.1 Å². The lowest BCUT2D eigenvalue weighted by molar-refractivity contribution is 0.0366. The monoisotopic (exact) mass is 352 g/mol. The molecule has 5 nitrogen and oxygen atoms in total. The number of piperidine rings is 2. The van der Waals surface area contributed by atoms with E-state index in [0.29, 0.717) is 17.6 Å². The van der Waals surface area contributed by atoms with Gasteiger partial charge in [0.2, 0.25) is 10.0 Å². The van der Waals surface area contributed by atoms with Crippen molar-refractivity contribution >= 4 is 15.7 Å². The molecule has 2 saturated heterocycles. The Kier molecular flexibility index (Phi) is 5.35. The van der Waals surface area contributed by atoms with Gasteiger partial charge in [-0.3, -0.25) is 9.21 Å². The summed E-state index contributed by atoms with van der Waals surface area (Å²) in [6.07, 6.45) is 7.69. The van der Waals surface area contributed by atoms with E-state index < -0.39 is 10.0 Å². The van der Waals surface area contributed by atoms with E-state index in [1.807, 2.05) is 12.1 Å². The smallest absolute Gasteiger partial charge is 0.231 e. The number of nitrogens with zero attached hydrogens (tertiary/aromatic N) is 2. The fourth-order valence-electron chi connectivity index (χ4n) is 3.92. The molecule has 2 aliphatic heterocycles. The average Bonchev–Trinajstić information content (AvgIpc) is 2.59. The highest BCUT2D eigenvalue weighted by molar-refractivity contribution is 7.92. The number of hydrogen-bond donors (Lipinski definition) is 0. The van der Waals surface area contributed by atoms with Crippen LogP contribution in [0.2, 0.25) is 0 Å². The molecule has 2 fully saturated rings. The second-order valence-electron chi connectivity index (χ2n) is 7.04. The number of ether oxygens (including phenoxy) is 1. The molecule has 1 aromatic rings. The fraction of sp³-hybridized carbons (Fsp3) is 0.667. The van der Waals surface area contributed by atoms with Crippen LogP contribution in [0.15, 0.2) is 24.3 Å². The molecule has 0 saturated carbocycles. The molecule has 0 aromatic heterocycles. The molecule has 2 atom stereocenters. The summed E-state index contributed by atoms with van der Waals surface area (Å²) in [5, 5.41) is 0. The summed E-state index contributed by atoms with van der Waals surface area (Å²) in [5.41, 5.74) is 0.654. The lowest BCUT2D eigenvalue weighted by atomic mass is 9.84. The Labute approximate surface area is 145 Å². The summed E-state index contributed by atoms with van der Waals surface area (Å²) in [6.45, 7) is 3.24. The number of hydrogen-bond acceptors (Lipinski definition) is 4. The molecular formula is C18H28N2O3S.